The van der Waals surface area contributed by atoms with E-state index in [-0.39, 0.29) is 16.6 Å². The molecule has 1 aromatic carbocycles. The molecule has 6 nitrogen and oxygen atoms in total. The summed E-state index contributed by atoms with van der Waals surface area (Å²) in [6.07, 6.45) is 2.09. The summed E-state index contributed by atoms with van der Waals surface area (Å²) in [6.45, 7) is 1.79. The smallest absolute Gasteiger partial charge is 0.416 e. The number of aryl methyl sites for hydroxylation is 1. The second-order valence-corrected chi connectivity index (χ2v) is 8.48. The summed E-state index contributed by atoms with van der Waals surface area (Å²) in [4.78, 5) is 4.52. The molecule has 3 saturated carbocycles. The molecule has 3 aromatic rings. The number of rotatable bonds is 2. The van der Waals surface area contributed by atoms with E-state index in [2.05, 4.69) is 19.7 Å². The van der Waals surface area contributed by atoms with Crippen molar-refractivity contribution in [2.45, 2.75) is 56.3 Å². The first-order valence-electron chi connectivity index (χ1n) is 9.52. The van der Waals surface area contributed by atoms with Gasteiger partial charge in [-0.3, -0.25) is 0 Å². The molecule has 29 heavy (non-hydrogen) atoms. The first-order valence-corrected chi connectivity index (χ1v) is 9.52. The summed E-state index contributed by atoms with van der Waals surface area (Å²) >= 11 is 0. The highest BCUT2D eigenvalue weighted by atomic mass is 19.4. The number of hydrogen-bond donors (Lipinski definition) is 2. The number of fused-ring (bicyclic) bond motifs is 3. The van der Waals surface area contributed by atoms with Gasteiger partial charge in [-0.25, -0.2) is 4.98 Å². The lowest BCUT2D eigenvalue weighted by Gasteiger charge is -2.59. The molecule has 9 heteroatoms. The topological polar surface area (TPSA) is 89.9 Å². The van der Waals surface area contributed by atoms with E-state index >= 15 is 0 Å². The van der Waals surface area contributed by atoms with Crippen LogP contribution in [0.2, 0.25) is 0 Å². The molecule has 0 spiro atoms. The maximum Gasteiger partial charge on any atom is 0.416 e. The van der Waals surface area contributed by atoms with E-state index in [1.165, 1.54) is 6.07 Å². The number of phenolic OH excluding ortho intramolecular Hbond substituents is 1. The number of nitrogens with zero attached hydrogens (tertiary/aromatic N) is 4. The zero-order chi connectivity index (χ0) is 20.6. The van der Waals surface area contributed by atoms with Crippen LogP contribution in [0.25, 0.3) is 22.4 Å². The van der Waals surface area contributed by atoms with Gasteiger partial charge in [0.2, 0.25) is 0 Å². The minimum atomic E-state index is -4.53. The van der Waals surface area contributed by atoms with Gasteiger partial charge < -0.3 is 15.4 Å². The van der Waals surface area contributed by atoms with Crippen molar-refractivity contribution in [3.05, 3.63) is 35.7 Å². The van der Waals surface area contributed by atoms with Gasteiger partial charge >= 0.3 is 6.18 Å². The van der Waals surface area contributed by atoms with Crippen molar-refractivity contribution >= 4 is 11.2 Å². The van der Waals surface area contributed by atoms with Gasteiger partial charge in [-0.05, 0) is 57.2 Å². The van der Waals surface area contributed by atoms with Gasteiger partial charge in [-0.15, -0.1) is 10.2 Å². The monoisotopic (exact) mass is 403 g/mol. The van der Waals surface area contributed by atoms with E-state index in [1.807, 2.05) is 0 Å². The summed E-state index contributed by atoms with van der Waals surface area (Å²) in [5, 5.41) is 18.8. The summed E-state index contributed by atoms with van der Waals surface area (Å²) in [5.74, 6) is -0.492. The molecule has 0 amide bonds. The Hall–Kier alpha value is -2.68. The Morgan fingerprint density at radius 3 is 2.59 bits per heavy atom. The van der Waals surface area contributed by atoms with Gasteiger partial charge in [-0.2, -0.15) is 13.2 Å². The molecule has 3 N–H and O–H groups in total. The van der Waals surface area contributed by atoms with E-state index in [9.17, 15) is 18.3 Å². The number of phenols is 1. The number of halogens is 3. The van der Waals surface area contributed by atoms with Crippen molar-refractivity contribution in [2.75, 3.05) is 0 Å². The fourth-order valence-electron chi connectivity index (χ4n) is 5.17. The molecule has 2 heterocycles. The molecule has 0 radical (unpaired) electrons. The Kier molecular flexibility index (Phi) is 3.60. The quantitative estimate of drug-likeness (QED) is 0.677. The number of aromatic hydroxyl groups is 1. The third-order valence-corrected chi connectivity index (χ3v) is 6.47. The standard InChI is InChI=1S/C20H20F3N5O/c1-11-15(13-4-3-12(7-14(13)29)20(21,22)23)26-27-17-16(11)25-10-28(17)19-6-2-5-18(24,8-19)9-19/h3-4,7,10,29H,2,5-6,8-9,24H2,1H3. The van der Waals surface area contributed by atoms with Crippen LogP contribution in [0.5, 0.6) is 5.75 Å². The molecule has 152 valence electrons. The van der Waals surface area contributed by atoms with Crippen molar-refractivity contribution in [3.8, 4) is 17.0 Å². The van der Waals surface area contributed by atoms with Crippen molar-refractivity contribution in [1.82, 2.24) is 19.7 Å². The lowest BCUT2D eigenvalue weighted by atomic mass is 9.55. The summed E-state index contributed by atoms with van der Waals surface area (Å²) in [7, 11) is 0. The third kappa shape index (κ3) is 2.63. The Labute approximate surface area is 164 Å². The summed E-state index contributed by atoms with van der Waals surface area (Å²) in [6, 6.07) is 2.84. The fourth-order valence-corrected chi connectivity index (χ4v) is 5.17. The lowest BCUT2D eigenvalue weighted by molar-refractivity contribution is -0.137. The Morgan fingerprint density at radius 1 is 1.17 bits per heavy atom. The molecule has 0 saturated heterocycles. The molecule has 6 rings (SSSR count). The lowest BCUT2D eigenvalue weighted by Crippen LogP contribution is -2.65. The van der Waals surface area contributed by atoms with Crippen molar-refractivity contribution in [1.29, 1.82) is 0 Å². The summed E-state index contributed by atoms with van der Waals surface area (Å²) < 4.78 is 40.7. The first-order chi connectivity index (χ1) is 13.6. The molecule has 2 bridgehead atoms. The van der Waals surface area contributed by atoms with E-state index in [0.717, 1.165) is 38.2 Å². The van der Waals surface area contributed by atoms with Crippen molar-refractivity contribution in [2.24, 2.45) is 5.73 Å². The zero-order valence-corrected chi connectivity index (χ0v) is 15.8. The SMILES string of the molecule is Cc1c(-c2ccc(C(F)(F)F)cc2O)nnc2c1ncn2C12CCCC(N)(C1)C2. The van der Waals surface area contributed by atoms with Gasteiger partial charge in [0, 0.05) is 16.7 Å². The van der Waals surface area contributed by atoms with Gasteiger partial charge in [0.25, 0.3) is 0 Å². The van der Waals surface area contributed by atoms with Gasteiger partial charge in [0.05, 0.1) is 17.4 Å². The number of aromatic nitrogens is 4. The maximum atomic E-state index is 12.9. The second kappa shape index (κ2) is 5.69. The highest BCUT2D eigenvalue weighted by molar-refractivity contribution is 5.83. The van der Waals surface area contributed by atoms with Crippen LogP contribution in [0.3, 0.4) is 0 Å². The Balaban J connectivity index is 1.58. The number of benzene rings is 1. The molecule has 2 aromatic heterocycles. The average molecular weight is 403 g/mol. The summed E-state index contributed by atoms with van der Waals surface area (Å²) in [5.41, 5.74) is 7.73. The number of hydrogen-bond acceptors (Lipinski definition) is 5. The van der Waals surface area contributed by atoms with Crippen LogP contribution in [0, 0.1) is 6.92 Å². The predicted octanol–water partition coefficient (Wildman–Crippen LogP) is 3.90. The predicted molar refractivity (Wildman–Crippen MR) is 100 cm³/mol. The molecule has 0 aliphatic heterocycles. The molecular formula is C20H20F3N5O. The number of alkyl halides is 3. The minimum Gasteiger partial charge on any atom is -0.507 e. The molecule has 3 aliphatic carbocycles. The van der Waals surface area contributed by atoms with Gasteiger partial charge in [-0.1, -0.05) is 0 Å². The second-order valence-electron chi connectivity index (χ2n) is 8.48. The molecule has 0 atom stereocenters. The number of nitrogens with two attached hydrogens (primary N) is 1. The van der Waals surface area contributed by atoms with Crippen LogP contribution < -0.4 is 5.73 Å². The van der Waals surface area contributed by atoms with Gasteiger partial charge in [0.15, 0.2) is 5.65 Å². The van der Waals surface area contributed by atoms with Crippen molar-refractivity contribution in [3.63, 3.8) is 0 Å². The fraction of sp³-hybridized carbons (Fsp3) is 0.450. The third-order valence-electron chi connectivity index (χ3n) is 6.47. The van der Waals surface area contributed by atoms with Crippen LogP contribution in [-0.2, 0) is 11.7 Å². The van der Waals surface area contributed by atoms with Gasteiger partial charge in [0.1, 0.15) is 17.0 Å². The van der Waals surface area contributed by atoms with E-state index in [1.54, 1.807) is 13.3 Å². The van der Waals surface area contributed by atoms with E-state index in [4.69, 9.17) is 5.73 Å². The van der Waals surface area contributed by atoms with Crippen LogP contribution in [0.4, 0.5) is 13.2 Å². The molecular weight excluding hydrogens is 383 g/mol. The van der Waals surface area contributed by atoms with E-state index < -0.39 is 17.5 Å². The van der Waals surface area contributed by atoms with Crippen molar-refractivity contribution < 1.29 is 18.3 Å². The zero-order valence-electron chi connectivity index (χ0n) is 15.8. The minimum absolute atomic E-state index is 0.0825. The van der Waals surface area contributed by atoms with Crippen LogP contribution in [0.15, 0.2) is 24.5 Å². The maximum absolute atomic E-state index is 12.9. The normalized spacial score (nSPS) is 26.5. The molecule has 3 fully saturated rings. The van der Waals surface area contributed by atoms with Crippen LogP contribution in [0.1, 0.15) is 43.2 Å². The highest BCUT2D eigenvalue weighted by Crippen LogP contribution is 2.56. The Bertz CT molecular complexity index is 1130. The average Bonchev–Trinajstić information content (AvgIpc) is 3.06. The first kappa shape index (κ1) is 18.4. The Morgan fingerprint density at radius 2 is 1.93 bits per heavy atom. The van der Waals surface area contributed by atoms with Crippen LogP contribution >= 0.6 is 0 Å². The van der Waals surface area contributed by atoms with Crippen LogP contribution in [-0.4, -0.2) is 30.4 Å². The highest BCUT2D eigenvalue weighted by Gasteiger charge is 2.56. The molecule has 0 unspecified atom stereocenters. The van der Waals surface area contributed by atoms with E-state index in [0.29, 0.717) is 28.5 Å². The largest absolute Gasteiger partial charge is 0.507 e. The number of imidazole rings is 1. The molecule has 3 aliphatic rings.